The summed E-state index contributed by atoms with van der Waals surface area (Å²) in [5.41, 5.74) is 0.694. The van der Waals surface area contributed by atoms with E-state index >= 15 is 0 Å². The van der Waals surface area contributed by atoms with Crippen molar-refractivity contribution < 1.29 is 23.8 Å². The number of methoxy groups -OCH3 is 2. The molecule has 0 unspecified atom stereocenters. The maximum atomic E-state index is 13.1. The second-order valence-electron chi connectivity index (χ2n) is 8.57. The first-order chi connectivity index (χ1) is 15.1. The van der Waals surface area contributed by atoms with Crippen LogP contribution in [0.25, 0.3) is 0 Å². The van der Waals surface area contributed by atoms with E-state index in [1.54, 1.807) is 44.2 Å². The van der Waals surface area contributed by atoms with E-state index in [0.717, 1.165) is 5.56 Å². The van der Waals surface area contributed by atoms with Crippen LogP contribution in [0.3, 0.4) is 0 Å². The van der Waals surface area contributed by atoms with Crippen LogP contribution >= 0.6 is 0 Å². The van der Waals surface area contributed by atoms with Gasteiger partial charge in [-0.2, -0.15) is 0 Å². The monoisotopic (exact) mass is 442 g/mol. The summed E-state index contributed by atoms with van der Waals surface area (Å²) in [7, 11) is 3.09. The number of ether oxygens (including phenoxy) is 3. The first-order valence-electron chi connectivity index (χ1n) is 10.6. The minimum Gasteiger partial charge on any atom is -0.496 e. The molecule has 0 heterocycles. The summed E-state index contributed by atoms with van der Waals surface area (Å²) in [5.74, 6) is 1.09. The van der Waals surface area contributed by atoms with Crippen LogP contribution in [0.4, 0.5) is 0 Å². The third kappa shape index (κ3) is 7.80. The Balaban J connectivity index is 2.14. The molecule has 1 N–H and O–H groups in total. The Hall–Kier alpha value is -3.22. The maximum absolute atomic E-state index is 13.1. The topological polar surface area (TPSA) is 77.1 Å². The molecule has 0 saturated heterocycles. The zero-order valence-corrected chi connectivity index (χ0v) is 19.8. The van der Waals surface area contributed by atoms with E-state index in [9.17, 15) is 9.59 Å². The number of carbonyl (C=O) groups is 2. The van der Waals surface area contributed by atoms with Crippen molar-refractivity contribution in [2.45, 2.75) is 45.7 Å². The zero-order valence-electron chi connectivity index (χ0n) is 19.8. The normalized spacial score (nSPS) is 11.9. The number of rotatable bonds is 10. The Bertz CT molecular complexity index is 871. The van der Waals surface area contributed by atoms with Crippen LogP contribution in [0.5, 0.6) is 17.2 Å². The predicted molar refractivity (Wildman–Crippen MR) is 124 cm³/mol. The molecule has 7 heteroatoms. The Labute approximate surface area is 190 Å². The Kier molecular flexibility index (Phi) is 8.93. The molecule has 0 aliphatic heterocycles. The minimum absolute atomic E-state index is 0.207. The molecule has 0 aliphatic carbocycles. The van der Waals surface area contributed by atoms with Gasteiger partial charge in [-0.15, -0.1) is 0 Å². The number of nitrogens with zero attached hydrogens (tertiary/aromatic N) is 1. The highest BCUT2D eigenvalue weighted by Gasteiger charge is 2.28. The first kappa shape index (κ1) is 25.0. The fraction of sp³-hybridized carbons (Fsp3) is 0.440. The molecule has 0 radical (unpaired) electrons. The van der Waals surface area contributed by atoms with Crippen molar-refractivity contribution >= 4 is 11.8 Å². The Morgan fingerprint density at radius 1 is 0.969 bits per heavy atom. The van der Waals surface area contributed by atoms with E-state index in [2.05, 4.69) is 5.32 Å². The quantitative estimate of drug-likeness (QED) is 0.610. The van der Waals surface area contributed by atoms with Gasteiger partial charge < -0.3 is 24.4 Å². The molecule has 2 aromatic carbocycles. The number of hydrogen-bond acceptors (Lipinski definition) is 5. The van der Waals surface area contributed by atoms with Gasteiger partial charge in [0.2, 0.25) is 5.91 Å². The molecule has 2 amide bonds. The van der Waals surface area contributed by atoms with Gasteiger partial charge in [-0.05, 0) is 39.7 Å². The molecule has 0 aromatic heterocycles. The van der Waals surface area contributed by atoms with Crippen molar-refractivity contribution in [3.8, 4) is 17.2 Å². The molecule has 1 atom stereocenters. The van der Waals surface area contributed by atoms with E-state index in [4.69, 9.17) is 14.2 Å². The molecule has 174 valence electrons. The molecule has 0 aliphatic rings. The third-order valence-corrected chi connectivity index (χ3v) is 4.84. The van der Waals surface area contributed by atoms with Crippen molar-refractivity contribution in [2.24, 2.45) is 0 Å². The third-order valence-electron chi connectivity index (χ3n) is 4.84. The van der Waals surface area contributed by atoms with E-state index < -0.39 is 11.6 Å². The van der Waals surface area contributed by atoms with Crippen LogP contribution in [0.15, 0.2) is 48.5 Å². The van der Waals surface area contributed by atoms with Gasteiger partial charge in [-0.1, -0.05) is 30.3 Å². The highest BCUT2D eigenvalue weighted by molar-refractivity contribution is 5.88. The van der Waals surface area contributed by atoms with Crippen LogP contribution in [0.2, 0.25) is 0 Å². The van der Waals surface area contributed by atoms with Crippen molar-refractivity contribution in [3.05, 3.63) is 54.1 Å². The second-order valence-corrected chi connectivity index (χ2v) is 8.57. The maximum Gasteiger partial charge on any atom is 0.261 e. The lowest BCUT2D eigenvalue weighted by Gasteiger charge is -2.31. The highest BCUT2D eigenvalue weighted by atomic mass is 16.5. The molecule has 0 saturated carbocycles. The average molecular weight is 443 g/mol. The summed E-state index contributed by atoms with van der Waals surface area (Å²) in [6, 6.07) is 14.3. The van der Waals surface area contributed by atoms with Gasteiger partial charge in [0.1, 0.15) is 23.3 Å². The van der Waals surface area contributed by atoms with Crippen molar-refractivity contribution in [1.82, 2.24) is 10.2 Å². The van der Waals surface area contributed by atoms with E-state index in [1.807, 2.05) is 51.1 Å². The van der Waals surface area contributed by atoms with E-state index in [0.29, 0.717) is 30.2 Å². The first-order valence-corrected chi connectivity index (χ1v) is 10.6. The van der Waals surface area contributed by atoms with Crippen LogP contribution in [0, 0.1) is 0 Å². The molecule has 32 heavy (non-hydrogen) atoms. The number of carbonyl (C=O) groups excluding carboxylic acids is 2. The molecule has 0 spiro atoms. The van der Waals surface area contributed by atoms with Crippen molar-refractivity contribution in [2.75, 3.05) is 27.4 Å². The van der Waals surface area contributed by atoms with Crippen LogP contribution in [0.1, 0.15) is 33.3 Å². The Morgan fingerprint density at radius 3 is 2.06 bits per heavy atom. The van der Waals surface area contributed by atoms with Gasteiger partial charge in [0.25, 0.3) is 5.91 Å². The SMILES string of the molecule is COc1cc(OC)cc(OCC(=O)N(CCc2ccccc2)[C@@H](C)C(=O)NC(C)(C)C)c1. The van der Waals surface area contributed by atoms with Gasteiger partial charge in [-0.3, -0.25) is 9.59 Å². The zero-order chi connectivity index (χ0) is 23.7. The molecule has 0 fully saturated rings. The molecular weight excluding hydrogens is 408 g/mol. The van der Waals surface area contributed by atoms with Crippen LogP contribution < -0.4 is 19.5 Å². The summed E-state index contributed by atoms with van der Waals surface area (Å²) in [5, 5.41) is 2.95. The van der Waals surface area contributed by atoms with Crippen molar-refractivity contribution in [3.63, 3.8) is 0 Å². The lowest BCUT2D eigenvalue weighted by molar-refractivity contribution is -0.142. The smallest absolute Gasteiger partial charge is 0.261 e. The summed E-state index contributed by atoms with van der Waals surface area (Å²) >= 11 is 0. The summed E-state index contributed by atoms with van der Waals surface area (Å²) in [6.07, 6.45) is 0.632. The van der Waals surface area contributed by atoms with Crippen molar-refractivity contribution in [1.29, 1.82) is 0 Å². The van der Waals surface area contributed by atoms with E-state index in [-0.39, 0.29) is 18.4 Å². The summed E-state index contributed by atoms with van der Waals surface area (Å²) < 4.78 is 16.2. The van der Waals surface area contributed by atoms with Gasteiger partial charge >= 0.3 is 0 Å². The molecule has 0 bridgehead atoms. The summed E-state index contributed by atoms with van der Waals surface area (Å²) in [6.45, 7) is 7.65. The molecule has 7 nitrogen and oxygen atoms in total. The fourth-order valence-electron chi connectivity index (χ4n) is 3.14. The van der Waals surface area contributed by atoms with Gasteiger partial charge in [-0.25, -0.2) is 0 Å². The average Bonchev–Trinajstić information content (AvgIpc) is 2.76. The molecular formula is C25H34N2O5. The largest absolute Gasteiger partial charge is 0.496 e. The Morgan fingerprint density at radius 2 is 1.53 bits per heavy atom. The number of nitrogens with one attached hydrogen (secondary N) is 1. The second kappa shape index (κ2) is 11.4. The predicted octanol–water partition coefficient (Wildman–Crippen LogP) is 3.46. The standard InChI is InChI=1S/C25H34N2O5/c1-18(24(29)26-25(2,3)4)27(13-12-19-10-8-7-9-11-19)23(28)17-32-22-15-20(30-5)14-21(16-22)31-6/h7-11,14-16,18H,12-13,17H2,1-6H3,(H,26,29)/t18-/m0/s1. The van der Waals surface area contributed by atoms with E-state index in [1.165, 1.54) is 0 Å². The fourth-order valence-corrected chi connectivity index (χ4v) is 3.14. The van der Waals surface area contributed by atoms with Crippen LogP contribution in [-0.4, -0.2) is 55.7 Å². The number of amides is 2. The lowest BCUT2D eigenvalue weighted by Crippen LogP contribution is -2.53. The molecule has 2 rings (SSSR count). The minimum atomic E-state index is -0.645. The summed E-state index contributed by atoms with van der Waals surface area (Å²) in [4.78, 5) is 27.5. The van der Waals surface area contributed by atoms with Gasteiger partial charge in [0, 0.05) is 30.3 Å². The lowest BCUT2D eigenvalue weighted by atomic mass is 10.1. The number of hydrogen-bond donors (Lipinski definition) is 1. The van der Waals surface area contributed by atoms with Gasteiger partial charge in [0.05, 0.1) is 14.2 Å². The highest BCUT2D eigenvalue weighted by Crippen LogP contribution is 2.27. The number of benzene rings is 2. The van der Waals surface area contributed by atoms with Gasteiger partial charge in [0.15, 0.2) is 6.61 Å². The van der Waals surface area contributed by atoms with Crippen LogP contribution in [-0.2, 0) is 16.0 Å². The molecule has 2 aromatic rings.